The number of carbonyl (C=O) groups excluding carboxylic acids is 1. The molecular formula is C14H15BrClN3OS. The van der Waals surface area contributed by atoms with Crippen LogP contribution in [0.3, 0.4) is 0 Å². The van der Waals surface area contributed by atoms with Gasteiger partial charge in [0.1, 0.15) is 0 Å². The normalized spacial score (nSPS) is 10.7. The maximum atomic E-state index is 12.2. The summed E-state index contributed by atoms with van der Waals surface area (Å²) in [5.41, 5.74) is 1.27. The molecule has 1 heterocycles. The Kier molecular flexibility index (Phi) is 5.72. The number of nitrogens with one attached hydrogen (secondary N) is 1. The molecule has 0 spiro atoms. The van der Waals surface area contributed by atoms with Gasteiger partial charge in [0.15, 0.2) is 0 Å². The second-order valence-corrected chi connectivity index (χ2v) is 6.45. The Morgan fingerprint density at radius 3 is 2.90 bits per heavy atom. The molecule has 1 aromatic heterocycles. The molecule has 2 aromatic rings. The molecule has 0 saturated heterocycles. The molecule has 0 bridgehead atoms. The third-order valence-electron chi connectivity index (χ3n) is 2.95. The van der Waals surface area contributed by atoms with Crippen LogP contribution in [0, 0.1) is 0 Å². The summed E-state index contributed by atoms with van der Waals surface area (Å²) in [7, 11) is 0. The van der Waals surface area contributed by atoms with Crippen molar-refractivity contribution in [2.75, 3.05) is 6.26 Å². The Morgan fingerprint density at radius 1 is 1.52 bits per heavy atom. The monoisotopic (exact) mass is 387 g/mol. The maximum absolute atomic E-state index is 12.2. The molecule has 1 N–H and O–H groups in total. The fourth-order valence-corrected chi connectivity index (χ4v) is 2.88. The highest BCUT2D eigenvalue weighted by atomic mass is 79.9. The van der Waals surface area contributed by atoms with Gasteiger partial charge in [0.2, 0.25) is 0 Å². The van der Waals surface area contributed by atoms with Gasteiger partial charge in [-0.1, -0.05) is 11.6 Å². The highest BCUT2D eigenvalue weighted by Gasteiger charge is 2.13. The summed E-state index contributed by atoms with van der Waals surface area (Å²) in [5.74, 6) is -0.200. The van der Waals surface area contributed by atoms with Gasteiger partial charge in [0, 0.05) is 17.6 Å². The van der Waals surface area contributed by atoms with Gasteiger partial charge in [0.25, 0.3) is 5.91 Å². The van der Waals surface area contributed by atoms with Crippen LogP contribution >= 0.6 is 39.3 Å². The lowest BCUT2D eigenvalue weighted by Gasteiger charge is -2.07. The van der Waals surface area contributed by atoms with Gasteiger partial charge in [-0.3, -0.25) is 9.48 Å². The van der Waals surface area contributed by atoms with Gasteiger partial charge in [0.05, 0.1) is 27.3 Å². The fraction of sp³-hybridized carbons (Fsp3) is 0.286. The Balaban J connectivity index is 2.09. The van der Waals surface area contributed by atoms with E-state index < -0.39 is 0 Å². The molecule has 21 heavy (non-hydrogen) atoms. The van der Waals surface area contributed by atoms with Crippen molar-refractivity contribution in [3.8, 4) is 0 Å². The van der Waals surface area contributed by atoms with Crippen molar-refractivity contribution in [3.05, 3.63) is 45.1 Å². The first-order chi connectivity index (χ1) is 10.0. The number of aromatic nitrogens is 2. The number of benzene rings is 1. The van der Waals surface area contributed by atoms with Crippen molar-refractivity contribution in [2.24, 2.45) is 0 Å². The molecule has 0 fully saturated rings. The van der Waals surface area contributed by atoms with Crippen molar-refractivity contribution in [1.82, 2.24) is 15.1 Å². The molecule has 1 aromatic carbocycles. The predicted octanol–water partition coefficient (Wildman–Crippen LogP) is 3.97. The van der Waals surface area contributed by atoms with E-state index in [4.69, 9.17) is 11.6 Å². The van der Waals surface area contributed by atoms with E-state index in [1.807, 2.05) is 30.1 Å². The first kappa shape index (κ1) is 16.4. The lowest BCUT2D eigenvalue weighted by Crippen LogP contribution is -2.23. The Hall–Kier alpha value is -0.980. The topological polar surface area (TPSA) is 46.9 Å². The van der Waals surface area contributed by atoms with E-state index in [2.05, 4.69) is 26.3 Å². The van der Waals surface area contributed by atoms with Crippen LogP contribution in [0.1, 0.15) is 23.0 Å². The van der Waals surface area contributed by atoms with E-state index in [1.54, 1.807) is 23.9 Å². The molecule has 7 heteroatoms. The Bertz CT molecular complexity index is 660. The molecule has 0 radical (unpaired) electrons. The highest BCUT2D eigenvalue weighted by molar-refractivity contribution is 9.10. The molecule has 0 atom stereocenters. The molecule has 0 aliphatic heterocycles. The zero-order valence-electron chi connectivity index (χ0n) is 11.7. The second kappa shape index (κ2) is 7.33. The van der Waals surface area contributed by atoms with E-state index in [0.29, 0.717) is 17.1 Å². The fourth-order valence-electron chi connectivity index (χ4n) is 1.78. The molecular weight excluding hydrogens is 374 g/mol. The van der Waals surface area contributed by atoms with Crippen molar-refractivity contribution in [3.63, 3.8) is 0 Å². The third-order valence-corrected chi connectivity index (χ3v) is 4.66. The van der Waals surface area contributed by atoms with Crippen LogP contribution in [0.15, 0.2) is 33.8 Å². The number of hydrogen-bond donors (Lipinski definition) is 1. The minimum atomic E-state index is -0.200. The summed E-state index contributed by atoms with van der Waals surface area (Å²) in [6, 6.07) is 5.43. The average molecular weight is 389 g/mol. The number of rotatable bonds is 5. The number of carbonyl (C=O) groups is 1. The zero-order valence-corrected chi connectivity index (χ0v) is 14.8. The minimum absolute atomic E-state index is 0.200. The number of thioether (sulfide) groups is 1. The van der Waals surface area contributed by atoms with Crippen LogP contribution in [0.2, 0.25) is 5.02 Å². The van der Waals surface area contributed by atoms with Gasteiger partial charge in [-0.2, -0.15) is 5.10 Å². The van der Waals surface area contributed by atoms with Crippen LogP contribution in [-0.2, 0) is 13.1 Å². The summed E-state index contributed by atoms with van der Waals surface area (Å²) < 4.78 is 2.70. The average Bonchev–Trinajstić information content (AvgIpc) is 2.85. The van der Waals surface area contributed by atoms with Crippen LogP contribution in [-0.4, -0.2) is 21.9 Å². The van der Waals surface area contributed by atoms with Gasteiger partial charge < -0.3 is 5.32 Å². The number of halogens is 2. The molecule has 112 valence electrons. The maximum Gasteiger partial charge on any atom is 0.253 e. The molecule has 2 rings (SSSR count). The molecule has 0 aliphatic rings. The smallest absolute Gasteiger partial charge is 0.253 e. The van der Waals surface area contributed by atoms with E-state index in [0.717, 1.165) is 21.6 Å². The molecule has 0 saturated carbocycles. The van der Waals surface area contributed by atoms with E-state index in [9.17, 15) is 4.79 Å². The van der Waals surface area contributed by atoms with Gasteiger partial charge in [-0.05, 0) is 47.3 Å². The summed E-state index contributed by atoms with van der Waals surface area (Å²) in [6.45, 7) is 3.15. The summed E-state index contributed by atoms with van der Waals surface area (Å²) in [4.78, 5) is 13.2. The SMILES string of the molecule is CCn1cc(Br)c(CNC(=O)c2cc(SC)ccc2Cl)n1. The Labute approximate surface area is 141 Å². The van der Waals surface area contributed by atoms with Crippen LogP contribution in [0.5, 0.6) is 0 Å². The van der Waals surface area contributed by atoms with Gasteiger partial charge in [-0.15, -0.1) is 11.8 Å². The second-order valence-electron chi connectivity index (χ2n) is 4.31. The summed E-state index contributed by atoms with van der Waals surface area (Å²) >= 11 is 11.1. The molecule has 4 nitrogen and oxygen atoms in total. The van der Waals surface area contributed by atoms with Crippen molar-refractivity contribution in [2.45, 2.75) is 24.9 Å². The zero-order chi connectivity index (χ0) is 15.4. The number of amides is 1. The number of aryl methyl sites for hydroxylation is 1. The number of nitrogens with zero attached hydrogens (tertiary/aromatic N) is 2. The predicted molar refractivity (Wildman–Crippen MR) is 90.0 cm³/mol. The highest BCUT2D eigenvalue weighted by Crippen LogP contribution is 2.23. The summed E-state index contributed by atoms with van der Waals surface area (Å²) in [5, 5.41) is 7.66. The van der Waals surface area contributed by atoms with E-state index >= 15 is 0 Å². The van der Waals surface area contributed by atoms with E-state index in [1.165, 1.54) is 0 Å². The molecule has 0 unspecified atom stereocenters. The Morgan fingerprint density at radius 2 is 2.29 bits per heavy atom. The van der Waals surface area contributed by atoms with Gasteiger partial charge in [-0.25, -0.2) is 0 Å². The van der Waals surface area contributed by atoms with Crippen LogP contribution in [0.4, 0.5) is 0 Å². The summed E-state index contributed by atoms with van der Waals surface area (Å²) in [6.07, 6.45) is 3.85. The van der Waals surface area contributed by atoms with Crippen LogP contribution < -0.4 is 5.32 Å². The molecule has 0 aliphatic carbocycles. The van der Waals surface area contributed by atoms with Crippen molar-refractivity contribution >= 4 is 45.2 Å². The largest absolute Gasteiger partial charge is 0.346 e. The van der Waals surface area contributed by atoms with Crippen LogP contribution in [0.25, 0.3) is 0 Å². The third kappa shape index (κ3) is 4.02. The standard InChI is InChI=1S/C14H15BrClN3OS/c1-3-19-8-11(15)13(18-19)7-17-14(20)10-6-9(21-2)4-5-12(10)16/h4-6,8H,3,7H2,1-2H3,(H,17,20). The lowest BCUT2D eigenvalue weighted by atomic mass is 10.2. The first-order valence-electron chi connectivity index (χ1n) is 6.38. The van der Waals surface area contributed by atoms with E-state index in [-0.39, 0.29) is 5.91 Å². The quantitative estimate of drug-likeness (QED) is 0.788. The lowest BCUT2D eigenvalue weighted by molar-refractivity contribution is 0.0950. The number of hydrogen-bond acceptors (Lipinski definition) is 3. The van der Waals surface area contributed by atoms with Gasteiger partial charge >= 0.3 is 0 Å². The first-order valence-corrected chi connectivity index (χ1v) is 8.78. The van der Waals surface area contributed by atoms with Crippen molar-refractivity contribution in [1.29, 1.82) is 0 Å². The molecule has 1 amide bonds. The minimum Gasteiger partial charge on any atom is -0.346 e. The van der Waals surface area contributed by atoms with Crippen molar-refractivity contribution < 1.29 is 4.79 Å².